The van der Waals surface area contributed by atoms with Crippen LogP contribution in [-0.2, 0) is 4.74 Å². The van der Waals surface area contributed by atoms with Crippen molar-refractivity contribution < 1.29 is 4.74 Å². The first-order valence-corrected chi connectivity index (χ1v) is 6.07. The van der Waals surface area contributed by atoms with Crippen LogP contribution in [0.3, 0.4) is 0 Å². The fourth-order valence-corrected chi connectivity index (χ4v) is 1.44. The average Bonchev–Trinajstić information content (AvgIpc) is 2.02. The van der Waals surface area contributed by atoms with Crippen molar-refractivity contribution in [3.63, 3.8) is 0 Å². The van der Waals surface area contributed by atoms with E-state index >= 15 is 0 Å². The molecule has 0 spiro atoms. The van der Waals surface area contributed by atoms with Crippen LogP contribution < -0.4 is 0 Å². The summed E-state index contributed by atoms with van der Waals surface area (Å²) in [5, 5.41) is 1.15. The standard InChI is InChI=1S/C10H21BrO/c1-10(2)12-9-7-5-3-4-6-8-11/h10H,3-9H2,1-2H3. The summed E-state index contributed by atoms with van der Waals surface area (Å²) in [6.45, 7) is 5.11. The summed E-state index contributed by atoms with van der Waals surface area (Å²) >= 11 is 3.43. The zero-order valence-corrected chi connectivity index (χ0v) is 9.90. The first-order valence-electron chi connectivity index (χ1n) is 4.95. The maximum absolute atomic E-state index is 5.44. The predicted molar refractivity (Wildman–Crippen MR) is 58.0 cm³/mol. The summed E-state index contributed by atoms with van der Waals surface area (Å²) in [5.41, 5.74) is 0. The molecule has 0 aliphatic carbocycles. The van der Waals surface area contributed by atoms with Crippen molar-refractivity contribution in [3.8, 4) is 0 Å². The molecule has 0 fully saturated rings. The summed E-state index contributed by atoms with van der Waals surface area (Å²) in [5.74, 6) is 0. The van der Waals surface area contributed by atoms with Crippen LogP contribution in [0.15, 0.2) is 0 Å². The molecule has 74 valence electrons. The third kappa shape index (κ3) is 10.4. The van der Waals surface area contributed by atoms with E-state index in [1.54, 1.807) is 0 Å². The Morgan fingerprint density at radius 2 is 1.58 bits per heavy atom. The quantitative estimate of drug-likeness (QED) is 0.461. The van der Waals surface area contributed by atoms with E-state index in [1.807, 2.05) is 0 Å². The molecule has 0 aliphatic heterocycles. The Balaban J connectivity index is 2.82. The zero-order valence-electron chi connectivity index (χ0n) is 8.31. The van der Waals surface area contributed by atoms with Gasteiger partial charge in [0, 0.05) is 11.9 Å². The van der Waals surface area contributed by atoms with E-state index in [1.165, 1.54) is 32.1 Å². The smallest absolute Gasteiger partial charge is 0.0518 e. The van der Waals surface area contributed by atoms with Crippen molar-refractivity contribution >= 4 is 15.9 Å². The van der Waals surface area contributed by atoms with Gasteiger partial charge in [-0.3, -0.25) is 0 Å². The number of rotatable bonds is 8. The molecule has 0 radical (unpaired) electrons. The lowest BCUT2D eigenvalue weighted by molar-refractivity contribution is 0.0757. The summed E-state index contributed by atoms with van der Waals surface area (Å²) < 4.78 is 5.44. The third-order valence-electron chi connectivity index (χ3n) is 1.73. The maximum Gasteiger partial charge on any atom is 0.0518 e. The van der Waals surface area contributed by atoms with Crippen molar-refractivity contribution in [1.82, 2.24) is 0 Å². The molecule has 0 bridgehead atoms. The van der Waals surface area contributed by atoms with Gasteiger partial charge >= 0.3 is 0 Å². The SMILES string of the molecule is CC(C)OCCCCCCCBr. The van der Waals surface area contributed by atoms with Gasteiger partial charge in [0.15, 0.2) is 0 Å². The summed E-state index contributed by atoms with van der Waals surface area (Å²) in [7, 11) is 0. The van der Waals surface area contributed by atoms with Gasteiger partial charge in [0.05, 0.1) is 6.10 Å². The van der Waals surface area contributed by atoms with E-state index in [4.69, 9.17) is 4.74 Å². The molecule has 0 aromatic carbocycles. The Kier molecular flexibility index (Phi) is 9.88. The van der Waals surface area contributed by atoms with Gasteiger partial charge in [-0.1, -0.05) is 35.2 Å². The van der Waals surface area contributed by atoms with E-state index in [2.05, 4.69) is 29.8 Å². The van der Waals surface area contributed by atoms with E-state index in [0.29, 0.717) is 6.10 Å². The topological polar surface area (TPSA) is 9.23 Å². The molecule has 0 saturated carbocycles. The van der Waals surface area contributed by atoms with Crippen molar-refractivity contribution in [1.29, 1.82) is 0 Å². The molecule has 0 saturated heterocycles. The van der Waals surface area contributed by atoms with Crippen molar-refractivity contribution in [2.45, 2.75) is 52.1 Å². The lowest BCUT2D eigenvalue weighted by atomic mass is 10.2. The van der Waals surface area contributed by atoms with Gasteiger partial charge in [0.25, 0.3) is 0 Å². The van der Waals surface area contributed by atoms with Crippen molar-refractivity contribution in [2.75, 3.05) is 11.9 Å². The molecular formula is C10H21BrO. The van der Waals surface area contributed by atoms with Crippen LogP contribution in [0.1, 0.15) is 46.0 Å². The van der Waals surface area contributed by atoms with Crippen LogP contribution in [0, 0.1) is 0 Å². The second kappa shape index (κ2) is 9.53. The van der Waals surface area contributed by atoms with Gasteiger partial charge in [-0.15, -0.1) is 0 Å². The lowest BCUT2D eigenvalue weighted by Gasteiger charge is -2.06. The Hall–Kier alpha value is 0.440. The molecule has 0 aliphatic rings. The molecule has 2 heteroatoms. The van der Waals surface area contributed by atoms with Gasteiger partial charge in [-0.25, -0.2) is 0 Å². The van der Waals surface area contributed by atoms with Gasteiger partial charge in [-0.2, -0.15) is 0 Å². The van der Waals surface area contributed by atoms with Crippen molar-refractivity contribution in [3.05, 3.63) is 0 Å². The molecular weight excluding hydrogens is 216 g/mol. The second-order valence-corrected chi connectivity index (χ2v) is 4.17. The fourth-order valence-electron chi connectivity index (χ4n) is 1.05. The molecule has 0 amide bonds. The minimum absolute atomic E-state index is 0.396. The Bertz CT molecular complexity index is 83.9. The fraction of sp³-hybridized carbons (Fsp3) is 1.00. The van der Waals surface area contributed by atoms with Crippen LogP contribution in [-0.4, -0.2) is 18.0 Å². The molecule has 1 nitrogen and oxygen atoms in total. The molecule has 0 atom stereocenters. The van der Waals surface area contributed by atoms with E-state index in [-0.39, 0.29) is 0 Å². The van der Waals surface area contributed by atoms with Crippen LogP contribution in [0.4, 0.5) is 0 Å². The number of ether oxygens (including phenoxy) is 1. The lowest BCUT2D eigenvalue weighted by Crippen LogP contribution is -2.03. The van der Waals surface area contributed by atoms with Crippen LogP contribution >= 0.6 is 15.9 Å². The summed E-state index contributed by atoms with van der Waals surface area (Å²) in [6, 6.07) is 0. The molecule has 0 aromatic heterocycles. The van der Waals surface area contributed by atoms with Gasteiger partial charge in [-0.05, 0) is 26.7 Å². The van der Waals surface area contributed by atoms with Crippen LogP contribution in [0.25, 0.3) is 0 Å². The monoisotopic (exact) mass is 236 g/mol. The van der Waals surface area contributed by atoms with Gasteiger partial charge in [0.2, 0.25) is 0 Å². The molecule has 0 N–H and O–H groups in total. The highest BCUT2D eigenvalue weighted by Gasteiger charge is 1.93. The number of hydrogen-bond acceptors (Lipinski definition) is 1. The van der Waals surface area contributed by atoms with E-state index in [9.17, 15) is 0 Å². The Morgan fingerprint density at radius 3 is 2.17 bits per heavy atom. The summed E-state index contributed by atoms with van der Waals surface area (Å²) in [4.78, 5) is 0. The van der Waals surface area contributed by atoms with E-state index < -0.39 is 0 Å². The minimum Gasteiger partial charge on any atom is -0.379 e. The largest absolute Gasteiger partial charge is 0.379 e. The van der Waals surface area contributed by atoms with Crippen LogP contribution in [0.2, 0.25) is 0 Å². The third-order valence-corrected chi connectivity index (χ3v) is 2.29. The average molecular weight is 237 g/mol. The Morgan fingerprint density at radius 1 is 1.00 bits per heavy atom. The number of hydrogen-bond donors (Lipinski definition) is 0. The highest BCUT2D eigenvalue weighted by molar-refractivity contribution is 9.09. The normalized spacial score (nSPS) is 11.0. The predicted octanol–water partition coefficient (Wildman–Crippen LogP) is 3.76. The molecule has 0 rings (SSSR count). The van der Waals surface area contributed by atoms with E-state index in [0.717, 1.165) is 11.9 Å². The maximum atomic E-state index is 5.44. The zero-order chi connectivity index (χ0) is 9.23. The second-order valence-electron chi connectivity index (χ2n) is 3.38. The number of halogens is 1. The first-order chi connectivity index (χ1) is 5.77. The molecule has 0 heterocycles. The molecule has 0 aromatic rings. The van der Waals surface area contributed by atoms with Gasteiger partial charge in [0.1, 0.15) is 0 Å². The molecule has 12 heavy (non-hydrogen) atoms. The molecule has 0 unspecified atom stereocenters. The highest BCUT2D eigenvalue weighted by atomic mass is 79.9. The summed E-state index contributed by atoms with van der Waals surface area (Å²) in [6.07, 6.45) is 6.96. The number of alkyl halides is 1. The Labute approximate surface area is 85.0 Å². The van der Waals surface area contributed by atoms with Gasteiger partial charge < -0.3 is 4.74 Å². The highest BCUT2D eigenvalue weighted by Crippen LogP contribution is 2.05. The van der Waals surface area contributed by atoms with Crippen LogP contribution in [0.5, 0.6) is 0 Å². The van der Waals surface area contributed by atoms with Crippen molar-refractivity contribution in [2.24, 2.45) is 0 Å². The number of unbranched alkanes of at least 4 members (excludes halogenated alkanes) is 4. The first kappa shape index (κ1) is 12.4. The minimum atomic E-state index is 0.396.